The highest BCUT2D eigenvalue weighted by Crippen LogP contribution is 2.20. The van der Waals surface area contributed by atoms with E-state index in [0.29, 0.717) is 5.96 Å². The van der Waals surface area contributed by atoms with Gasteiger partial charge in [-0.2, -0.15) is 0 Å². The Labute approximate surface area is 132 Å². The molecule has 108 valence electrons. The maximum absolute atomic E-state index is 10.3. The number of nitrogens with two attached hydrogens (primary N) is 1. The molecule has 0 bridgehead atoms. The van der Waals surface area contributed by atoms with Crippen LogP contribution in [0.5, 0.6) is 0 Å². The first-order chi connectivity index (χ1) is 8.56. The van der Waals surface area contributed by atoms with Crippen molar-refractivity contribution in [3.63, 3.8) is 0 Å². The van der Waals surface area contributed by atoms with E-state index in [1.54, 1.807) is 6.92 Å². The zero-order valence-corrected chi connectivity index (χ0v) is 13.9. The fourth-order valence-corrected chi connectivity index (χ4v) is 1.58. The Hall–Kier alpha value is -0.820. The molecule has 1 aromatic rings. The lowest BCUT2D eigenvalue weighted by molar-refractivity contribution is 0.0673. The van der Waals surface area contributed by atoms with Crippen molar-refractivity contribution in [2.45, 2.75) is 32.3 Å². The minimum absolute atomic E-state index is 0. The third kappa shape index (κ3) is 6.77. The number of halogens is 1. The predicted molar refractivity (Wildman–Crippen MR) is 90.8 cm³/mol. The van der Waals surface area contributed by atoms with E-state index in [4.69, 9.17) is 5.73 Å². The summed E-state index contributed by atoms with van der Waals surface area (Å²) in [7, 11) is 0. The quantitative estimate of drug-likeness (QED) is 0.308. The first-order valence-corrected chi connectivity index (χ1v) is 6.38. The van der Waals surface area contributed by atoms with E-state index in [9.17, 15) is 5.11 Å². The van der Waals surface area contributed by atoms with Crippen molar-refractivity contribution in [1.82, 2.24) is 5.32 Å². The highest BCUT2D eigenvalue weighted by atomic mass is 127. The molecule has 0 radical (unpaired) electrons. The second-order valence-corrected chi connectivity index (χ2v) is 4.62. The molecule has 0 aromatic heterocycles. The number of hydrogen-bond donors (Lipinski definition) is 3. The summed E-state index contributed by atoms with van der Waals surface area (Å²) < 4.78 is 0. The Bertz CT molecular complexity index is 380. The third-order valence-electron chi connectivity index (χ3n) is 2.79. The molecule has 5 heteroatoms. The first kappa shape index (κ1) is 18.2. The molecule has 0 fully saturated rings. The van der Waals surface area contributed by atoms with E-state index in [1.807, 2.05) is 30.3 Å². The number of nitrogens with zero attached hydrogens (tertiary/aromatic N) is 1. The summed E-state index contributed by atoms with van der Waals surface area (Å²) in [4.78, 5) is 4.18. The van der Waals surface area contributed by atoms with Gasteiger partial charge in [-0.3, -0.25) is 4.99 Å². The van der Waals surface area contributed by atoms with Gasteiger partial charge in [0.2, 0.25) is 0 Å². The Morgan fingerprint density at radius 1 is 1.37 bits per heavy atom. The highest BCUT2D eigenvalue weighted by molar-refractivity contribution is 14.0. The van der Waals surface area contributed by atoms with Gasteiger partial charge in [0.15, 0.2) is 5.96 Å². The number of nitrogens with one attached hydrogen (secondary N) is 1. The standard InChI is InChI=1S/C14H23N3O.HI/c1-3-4-10-16-13(15)17-11-14(2,18)12-8-6-5-7-9-12;/h5-9,18H,3-4,10-11H2,1-2H3,(H3,15,16,17);1H. The minimum Gasteiger partial charge on any atom is -0.384 e. The molecule has 19 heavy (non-hydrogen) atoms. The third-order valence-corrected chi connectivity index (χ3v) is 2.79. The van der Waals surface area contributed by atoms with E-state index >= 15 is 0 Å². The largest absolute Gasteiger partial charge is 0.384 e. The maximum Gasteiger partial charge on any atom is 0.188 e. The smallest absolute Gasteiger partial charge is 0.188 e. The SMILES string of the molecule is CCCCNC(N)=NCC(C)(O)c1ccccc1.I. The van der Waals surface area contributed by atoms with Crippen molar-refractivity contribution in [1.29, 1.82) is 0 Å². The average molecular weight is 377 g/mol. The zero-order valence-electron chi connectivity index (χ0n) is 11.6. The first-order valence-electron chi connectivity index (χ1n) is 6.38. The fraction of sp³-hybridized carbons (Fsp3) is 0.500. The van der Waals surface area contributed by atoms with Gasteiger partial charge >= 0.3 is 0 Å². The second-order valence-electron chi connectivity index (χ2n) is 4.62. The summed E-state index contributed by atoms with van der Waals surface area (Å²) in [6.07, 6.45) is 2.17. The van der Waals surface area contributed by atoms with Crippen molar-refractivity contribution < 1.29 is 5.11 Å². The lowest BCUT2D eigenvalue weighted by atomic mass is 9.96. The van der Waals surface area contributed by atoms with Gasteiger partial charge in [0.1, 0.15) is 5.60 Å². The molecule has 0 heterocycles. The molecule has 0 aliphatic carbocycles. The van der Waals surface area contributed by atoms with Crippen LogP contribution in [-0.4, -0.2) is 24.2 Å². The van der Waals surface area contributed by atoms with Gasteiger partial charge in [0, 0.05) is 6.54 Å². The zero-order chi connectivity index (χ0) is 13.4. The van der Waals surface area contributed by atoms with Crippen molar-refractivity contribution >= 4 is 29.9 Å². The summed E-state index contributed by atoms with van der Waals surface area (Å²) in [5.41, 5.74) is 5.58. The number of hydrogen-bond acceptors (Lipinski definition) is 2. The number of aliphatic imine (C=N–C) groups is 1. The van der Waals surface area contributed by atoms with Gasteiger partial charge in [-0.15, -0.1) is 24.0 Å². The second kappa shape index (κ2) is 9.14. The number of aliphatic hydroxyl groups is 1. The van der Waals surface area contributed by atoms with Crippen LogP contribution < -0.4 is 11.1 Å². The van der Waals surface area contributed by atoms with Crippen LogP contribution in [0.1, 0.15) is 32.3 Å². The average Bonchev–Trinajstić information content (AvgIpc) is 2.38. The summed E-state index contributed by atoms with van der Waals surface area (Å²) in [5.74, 6) is 0.389. The topological polar surface area (TPSA) is 70.6 Å². The summed E-state index contributed by atoms with van der Waals surface area (Å²) in [5, 5.41) is 13.3. The fourth-order valence-electron chi connectivity index (χ4n) is 1.58. The molecule has 1 atom stereocenters. The van der Waals surface area contributed by atoms with Gasteiger partial charge in [-0.25, -0.2) is 0 Å². The highest BCUT2D eigenvalue weighted by Gasteiger charge is 2.22. The summed E-state index contributed by atoms with van der Waals surface area (Å²) in [6.45, 7) is 4.93. The number of rotatable bonds is 6. The number of unbranched alkanes of at least 4 members (excludes halogenated alkanes) is 1. The van der Waals surface area contributed by atoms with Crippen molar-refractivity contribution in [3.05, 3.63) is 35.9 Å². The maximum atomic E-state index is 10.3. The lowest BCUT2D eigenvalue weighted by Crippen LogP contribution is -2.35. The summed E-state index contributed by atoms with van der Waals surface area (Å²) in [6, 6.07) is 9.49. The minimum atomic E-state index is -0.988. The van der Waals surface area contributed by atoms with Crippen LogP contribution in [0, 0.1) is 0 Å². The normalized spacial score (nSPS) is 14.4. The Morgan fingerprint density at radius 2 is 2.00 bits per heavy atom. The summed E-state index contributed by atoms with van der Waals surface area (Å²) >= 11 is 0. The van der Waals surface area contributed by atoms with Crippen LogP contribution in [0.2, 0.25) is 0 Å². The van der Waals surface area contributed by atoms with Gasteiger partial charge < -0.3 is 16.2 Å². The van der Waals surface area contributed by atoms with Crippen LogP contribution in [0.25, 0.3) is 0 Å². The van der Waals surface area contributed by atoms with E-state index < -0.39 is 5.60 Å². The van der Waals surface area contributed by atoms with Crippen LogP contribution >= 0.6 is 24.0 Å². The molecule has 4 N–H and O–H groups in total. The van der Waals surface area contributed by atoms with Crippen LogP contribution in [0.4, 0.5) is 0 Å². The molecule has 1 aromatic carbocycles. The molecule has 1 rings (SSSR count). The monoisotopic (exact) mass is 377 g/mol. The molecular weight excluding hydrogens is 353 g/mol. The molecule has 0 saturated carbocycles. The molecule has 0 aliphatic heterocycles. The molecule has 1 unspecified atom stereocenters. The number of benzene rings is 1. The molecule has 4 nitrogen and oxygen atoms in total. The number of guanidine groups is 1. The van der Waals surface area contributed by atoms with E-state index in [-0.39, 0.29) is 30.5 Å². The van der Waals surface area contributed by atoms with Crippen LogP contribution in [0.3, 0.4) is 0 Å². The van der Waals surface area contributed by atoms with Gasteiger partial charge in [-0.1, -0.05) is 43.7 Å². The van der Waals surface area contributed by atoms with Gasteiger partial charge in [0.25, 0.3) is 0 Å². The van der Waals surface area contributed by atoms with Crippen LogP contribution in [0.15, 0.2) is 35.3 Å². The molecular formula is C14H24IN3O. The molecule has 0 amide bonds. The van der Waals surface area contributed by atoms with Crippen molar-refractivity contribution in [2.24, 2.45) is 10.7 Å². The lowest BCUT2D eigenvalue weighted by Gasteiger charge is -2.21. The molecule has 0 aliphatic rings. The van der Waals surface area contributed by atoms with Crippen molar-refractivity contribution in [3.8, 4) is 0 Å². The van der Waals surface area contributed by atoms with E-state index in [2.05, 4.69) is 17.2 Å². The Kier molecular flexibility index (Phi) is 8.75. The van der Waals surface area contributed by atoms with Crippen molar-refractivity contribution in [2.75, 3.05) is 13.1 Å². The van der Waals surface area contributed by atoms with Gasteiger partial charge in [-0.05, 0) is 18.9 Å². The Morgan fingerprint density at radius 3 is 2.58 bits per heavy atom. The van der Waals surface area contributed by atoms with Gasteiger partial charge in [0.05, 0.1) is 6.54 Å². The molecule has 0 saturated heterocycles. The van der Waals surface area contributed by atoms with E-state index in [1.165, 1.54) is 0 Å². The molecule has 0 spiro atoms. The predicted octanol–water partition coefficient (Wildman–Crippen LogP) is 2.22. The van der Waals surface area contributed by atoms with E-state index in [0.717, 1.165) is 24.9 Å². The Balaban J connectivity index is 0.00000324. The van der Waals surface area contributed by atoms with Crippen LogP contribution in [-0.2, 0) is 5.60 Å².